The van der Waals surface area contributed by atoms with Gasteiger partial charge in [0.1, 0.15) is 6.33 Å². The van der Waals surface area contributed by atoms with Crippen LogP contribution >= 0.6 is 0 Å². The summed E-state index contributed by atoms with van der Waals surface area (Å²) in [7, 11) is 0. The average Bonchev–Trinajstić information content (AvgIpc) is 2.04. The number of nitrogen functional groups attached to an aromatic ring is 1. The second-order valence-corrected chi connectivity index (χ2v) is 3.40. The molecule has 1 heterocycles. The van der Waals surface area contributed by atoms with Crippen LogP contribution in [0.1, 0.15) is 32.4 Å². The molecule has 0 bridgehead atoms. The van der Waals surface area contributed by atoms with E-state index in [2.05, 4.69) is 30.7 Å². The topological polar surface area (TPSA) is 51.8 Å². The summed E-state index contributed by atoms with van der Waals surface area (Å²) < 4.78 is 0. The Labute approximate surface area is 73.0 Å². The third-order valence-corrected chi connectivity index (χ3v) is 2.20. The van der Waals surface area contributed by atoms with Gasteiger partial charge in [0.15, 0.2) is 0 Å². The van der Waals surface area contributed by atoms with Crippen molar-refractivity contribution in [1.29, 1.82) is 0 Å². The molecule has 0 saturated carbocycles. The maximum absolute atomic E-state index is 5.73. The zero-order chi connectivity index (χ0) is 9.14. The van der Waals surface area contributed by atoms with Crippen LogP contribution in [0.4, 0.5) is 5.69 Å². The van der Waals surface area contributed by atoms with Crippen LogP contribution in [0.15, 0.2) is 12.5 Å². The molecule has 0 aliphatic carbocycles. The Balaban J connectivity index is 2.94. The van der Waals surface area contributed by atoms with E-state index in [9.17, 15) is 0 Å². The van der Waals surface area contributed by atoms with Crippen LogP contribution in [0.3, 0.4) is 0 Å². The monoisotopic (exact) mass is 165 g/mol. The Morgan fingerprint density at radius 3 is 2.50 bits per heavy atom. The van der Waals surface area contributed by atoms with Gasteiger partial charge in [0.2, 0.25) is 0 Å². The van der Waals surface area contributed by atoms with Gasteiger partial charge >= 0.3 is 0 Å². The first-order chi connectivity index (χ1) is 5.63. The molecule has 1 unspecified atom stereocenters. The zero-order valence-electron chi connectivity index (χ0n) is 7.78. The number of anilines is 1. The van der Waals surface area contributed by atoms with E-state index in [4.69, 9.17) is 5.73 Å². The molecule has 3 nitrogen and oxygen atoms in total. The predicted molar refractivity (Wildman–Crippen MR) is 49.7 cm³/mol. The first kappa shape index (κ1) is 8.97. The molecule has 0 aliphatic heterocycles. The third-order valence-electron chi connectivity index (χ3n) is 2.20. The Bertz CT molecular complexity index is 258. The number of rotatable bonds is 2. The summed E-state index contributed by atoms with van der Waals surface area (Å²) in [5.74, 6) is 0.954. The molecule has 3 heteroatoms. The lowest BCUT2D eigenvalue weighted by Crippen LogP contribution is -2.08. The van der Waals surface area contributed by atoms with E-state index < -0.39 is 0 Å². The van der Waals surface area contributed by atoms with Gasteiger partial charge in [-0.1, -0.05) is 20.8 Å². The third kappa shape index (κ3) is 1.72. The second kappa shape index (κ2) is 3.52. The standard InChI is InChI=1S/C9H15N3/c1-6(2)7(3)9-8(10)4-11-5-12-9/h4-7H,10H2,1-3H3. The maximum Gasteiger partial charge on any atom is 0.115 e. The summed E-state index contributed by atoms with van der Waals surface area (Å²) in [6.45, 7) is 6.45. The first-order valence-electron chi connectivity index (χ1n) is 4.18. The number of hydrogen-bond donors (Lipinski definition) is 1. The Morgan fingerprint density at radius 1 is 1.33 bits per heavy atom. The lowest BCUT2D eigenvalue weighted by molar-refractivity contribution is 0.524. The molecule has 12 heavy (non-hydrogen) atoms. The first-order valence-corrected chi connectivity index (χ1v) is 4.18. The van der Waals surface area contributed by atoms with E-state index in [-0.39, 0.29) is 0 Å². The van der Waals surface area contributed by atoms with Crippen LogP contribution in [0.2, 0.25) is 0 Å². The van der Waals surface area contributed by atoms with Crippen LogP contribution in [0.25, 0.3) is 0 Å². The molecule has 66 valence electrons. The lowest BCUT2D eigenvalue weighted by atomic mass is 9.94. The van der Waals surface area contributed by atoms with Gasteiger partial charge in [0.05, 0.1) is 17.6 Å². The van der Waals surface area contributed by atoms with Gasteiger partial charge in [-0.2, -0.15) is 0 Å². The summed E-state index contributed by atoms with van der Waals surface area (Å²) in [4.78, 5) is 8.01. The fourth-order valence-corrected chi connectivity index (χ4v) is 1.05. The van der Waals surface area contributed by atoms with Crippen LogP contribution in [-0.4, -0.2) is 9.97 Å². The fourth-order valence-electron chi connectivity index (χ4n) is 1.05. The van der Waals surface area contributed by atoms with E-state index in [0.717, 1.165) is 5.69 Å². The van der Waals surface area contributed by atoms with Crippen molar-refractivity contribution in [2.75, 3.05) is 5.73 Å². The Morgan fingerprint density at radius 2 is 2.00 bits per heavy atom. The summed E-state index contributed by atoms with van der Waals surface area (Å²) in [6.07, 6.45) is 3.20. The number of nitrogens with two attached hydrogens (primary N) is 1. The second-order valence-electron chi connectivity index (χ2n) is 3.40. The van der Waals surface area contributed by atoms with Crippen molar-refractivity contribution in [3.05, 3.63) is 18.2 Å². The highest BCUT2D eigenvalue weighted by molar-refractivity contribution is 5.41. The molecule has 0 aliphatic rings. The van der Waals surface area contributed by atoms with Crippen molar-refractivity contribution in [1.82, 2.24) is 9.97 Å². The molecular weight excluding hydrogens is 150 g/mol. The number of hydrogen-bond acceptors (Lipinski definition) is 3. The molecule has 1 atom stereocenters. The van der Waals surface area contributed by atoms with Crippen molar-refractivity contribution in [3.8, 4) is 0 Å². The largest absolute Gasteiger partial charge is 0.396 e. The van der Waals surface area contributed by atoms with Gasteiger partial charge in [0.25, 0.3) is 0 Å². The predicted octanol–water partition coefficient (Wildman–Crippen LogP) is 1.82. The van der Waals surface area contributed by atoms with E-state index >= 15 is 0 Å². The quantitative estimate of drug-likeness (QED) is 0.727. The highest BCUT2D eigenvalue weighted by Crippen LogP contribution is 2.24. The SMILES string of the molecule is CC(C)C(C)c1ncncc1N. The van der Waals surface area contributed by atoms with Crippen LogP contribution in [0.5, 0.6) is 0 Å². The lowest BCUT2D eigenvalue weighted by Gasteiger charge is -2.15. The van der Waals surface area contributed by atoms with Gasteiger partial charge in [-0.05, 0) is 5.92 Å². The normalized spacial score (nSPS) is 13.3. The molecule has 0 fully saturated rings. The van der Waals surface area contributed by atoms with Crippen molar-refractivity contribution >= 4 is 5.69 Å². The molecule has 0 aromatic carbocycles. The van der Waals surface area contributed by atoms with Crippen LogP contribution < -0.4 is 5.73 Å². The van der Waals surface area contributed by atoms with Gasteiger partial charge in [-0.25, -0.2) is 9.97 Å². The highest BCUT2D eigenvalue weighted by atomic mass is 14.9. The Hall–Kier alpha value is -1.12. The van der Waals surface area contributed by atoms with E-state index in [1.807, 2.05) is 0 Å². The minimum atomic E-state index is 0.396. The van der Waals surface area contributed by atoms with Gasteiger partial charge in [-0.15, -0.1) is 0 Å². The smallest absolute Gasteiger partial charge is 0.115 e. The molecule has 0 amide bonds. The van der Waals surface area contributed by atoms with Gasteiger partial charge in [0, 0.05) is 5.92 Å². The summed E-state index contributed by atoms with van der Waals surface area (Å²) in [5.41, 5.74) is 7.39. The van der Waals surface area contributed by atoms with Crippen molar-refractivity contribution in [2.45, 2.75) is 26.7 Å². The summed E-state index contributed by atoms with van der Waals surface area (Å²) in [5, 5.41) is 0. The molecule has 0 spiro atoms. The minimum Gasteiger partial charge on any atom is -0.396 e. The molecule has 2 N–H and O–H groups in total. The number of aromatic nitrogens is 2. The van der Waals surface area contributed by atoms with Gasteiger partial charge in [-0.3, -0.25) is 0 Å². The van der Waals surface area contributed by atoms with E-state index in [1.54, 1.807) is 12.5 Å². The minimum absolute atomic E-state index is 0.396. The van der Waals surface area contributed by atoms with E-state index in [1.165, 1.54) is 0 Å². The fraction of sp³-hybridized carbons (Fsp3) is 0.556. The zero-order valence-corrected chi connectivity index (χ0v) is 7.78. The molecule has 1 aromatic heterocycles. The van der Waals surface area contributed by atoms with E-state index in [0.29, 0.717) is 17.5 Å². The molecule has 1 rings (SSSR count). The van der Waals surface area contributed by atoms with Crippen LogP contribution in [-0.2, 0) is 0 Å². The molecular formula is C9H15N3. The molecule has 0 saturated heterocycles. The maximum atomic E-state index is 5.73. The molecule has 1 aromatic rings. The highest BCUT2D eigenvalue weighted by Gasteiger charge is 2.13. The number of nitrogens with zero attached hydrogens (tertiary/aromatic N) is 2. The van der Waals surface area contributed by atoms with Crippen LogP contribution in [0, 0.1) is 5.92 Å². The van der Waals surface area contributed by atoms with Crippen molar-refractivity contribution in [3.63, 3.8) is 0 Å². The molecule has 0 radical (unpaired) electrons. The summed E-state index contributed by atoms with van der Waals surface area (Å²) >= 11 is 0. The Kier molecular flexibility index (Phi) is 2.63. The van der Waals surface area contributed by atoms with Gasteiger partial charge < -0.3 is 5.73 Å². The van der Waals surface area contributed by atoms with Crippen molar-refractivity contribution < 1.29 is 0 Å². The van der Waals surface area contributed by atoms with Crippen molar-refractivity contribution in [2.24, 2.45) is 5.92 Å². The summed E-state index contributed by atoms with van der Waals surface area (Å²) in [6, 6.07) is 0. The average molecular weight is 165 g/mol.